The Kier molecular flexibility index (Phi) is 6.59. The first-order valence-corrected chi connectivity index (χ1v) is 11.2. The van der Waals surface area contributed by atoms with Gasteiger partial charge >= 0.3 is 13.3 Å². The second-order valence-corrected chi connectivity index (χ2v) is 9.07. The highest BCUT2D eigenvalue weighted by atomic mass is 31.2. The van der Waals surface area contributed by atoms with Gasteiger partial charge in [0, 0.05) is 23.0 Å². The van der Waals surface area contributed by atoms with Crippen LogP contribution in [0.2, 0.25) is 0 Å². The molecule has 2 aliphatic rings. The lowest BCUT2D eigenvalue weighted by Crippen LogP contribution is -2.39. The molecule has 170 valence electrons. The van der Waals surface area contributed by atoms with Crippen LogP contribution in [-0.4, -0.2) is 46.5 Å². The molecule has 0 spiro atoms. The summed E-state index contributed by atoms with van der Waals surface area (Å²) in [5, 5.41) is 3.76. The summed E-state index contributed by atoms with van der Waals surface area (Å²) in [6.07, 6.45) is -0.552. The van der Waals surface area contributed by atoms with Crippen molar-refractivity contribution in [2.45, 2.75) is 57.6 Å². The van der Waals surface area contributed by atoms with Crippen molar-refractivity contribution in [1.29, 1.82) is 0 Å². The number of fused-ring (bicyclic) bond motifs is 1. The highest BCUT2D eigenvalue weighted by Gasteiger charge is 2.63. The van der Waals surface area contributed by atoms with E-state index in [1.54, 1.807) is 27.7 Å². The maximum atomic E-state index is 12.9. The minimum absolute atomic E-state index is 0.116. The second kappa shape index (κ2) is 8.71. The van der Waals surface area contributed by atoms with E-state index in [0.29, 0.717) is 0 Å². The molecule has 0 aliphatic carbocycles. The van der Waals surface area contributed by atoms with Gasteiger partial charge in [0.05, 0.1) is 13.2 Å². The average Bonchev–Trinajstić information content (AvgIpc) is 3.14. The normalized spacial score (nSPS) is 29.7. The van der Waals surface area contributed by atoms with Crippen molar-refractivity contribution in [3.8, 4) is 0 Å². The fourth-order valence-electron chi connectivity index (χ4n) is 3.49. The molecule has 1 aromatic rings. The first-order chi connectivity index (χ1) is 14.6. The molecule has 4 atom stereocenters. The maximum Gasteiger partial charge on any atom is 0.353 e. The van der Waals surface area contributed by atoms with Crippen molar-refractivity contribution in [3.05, 3.63) is 55.4 Å². The number of H-pyrrole nitrogens is 1. The summed E-state index contributed by atoms with van der Waals surface area (Å²) in [6.45, 7) is 6.83. The number of aromatic nitrogens is 2. The predicted octanol–water partition coefficient (Wildman–Crippen LogP) is 2.37. The molecule has 2 aliphatic heterocycles. The van der Waals surface area contributed by atoms with Crippen molar-refractivity contribution in [2.75, 3.05) is 13.2 Å². The third-order valence-electron chi connectivity index (χ3n) is 4.57. The molecular formula is C17H24N5O8P. The predicted molar refractivity (Wildman–Crippen MR) is 107 cm³/mol. The quantitative estimate of drug-likeness (QED) is 0.269. The van der Waals surface area contributed by atoms with Gasteiger partial charge in [-0.1, -0.05) is 5.11 Å². The van der Waals surface area contributed by atoms with E-state index in [9.17, 15) is 19.7 Å². The number of hydrogen-bond acceptors (Lipinski definition) is 9. The molecule has 0 radical (unpaired) electrons. The Morgan fingerprint density at radius 1 is 1.29 bits per heavy atom. The Morgan fingerprint density at radius 2 is 1.97 bits per heavy atom. The Hall–Kier alpha value is -2.24. The fourth-order valence-corrected chi connectivity index (χ4v) is 4.85. The third-order valence-corrected chi connectivity index (χ3v) is 6.32. The SMILES string of the molecule is CCOP(=O)(C=C[C@@]1(N=[N+]=[N-])O[C@@H](n2ccc(=O)[nH]c2=O)[C@@H]2OC(C)(C)O[C@@H]21)OCC. The molecule has 13 nitrogen and oxygen atoms in total. The molecule has 2 saturated heterocycles. The van der Waals surface area contributed by atoms with Gasteiger partial charge in [-0.3, -0.25) is 18.9 Å². The van der Waals surface area contributed by atoms with Crippen LogP contribution in [0.5, 0.6) is 0 Å². The monoisotopic (exact) mass is 457 g/mol. The van der Waals surface area contributed by atoms with E-state index < -0.39 is 48.8 Å². The van der Waals surface area contributed by atoms with E-state index in [2.05, 4.69) is 15.0 Å². The zero-order valence-electron chi connectivity index (χ0n) is 17.5. The summed E-state index contributed by atoms with van der Waals surface area (Å²) in [5.74, 6) is 0.0369. The minimum Gasteiger partial charge on any atom is -0.341 e. The summed E-state index contributed by atoms with van der Waals surface area (Å²) < 4.78 is 42.2. The molecule has 1 aromatic heterocycles. The molecule has 3 rings (SSSR count). The van der Waals surface area contributed by atoms with Crippen LogP contribution in [0, 0.1) is 0 Å². The first-order valence-electron chi connectivity index (χ1n) is 9.59. The highest BCUT2D eigenvalue weighted by Crippen LogP contribution is 2.53. The van der Waals surface area contributed by atoms with Crippen LogP contribution < -0.4 is 11.2 Å². The topological polar surface area (TPSA) is 167 Å². The number of ether oxygens (including phenoxy) is 3. The maximum absolute atomic E-state index is 12.9. The van der Waals surface area contributed by atoms with Crippen molar-refractivity contribution in [3.63, 3.8) is 0 Å². The average molecular weight is 457 g/mol. The van der Waals surface area contributed by atoms with E-state index in [-0.39, 0.29) is 13.2 Å². The second-order valence-electron chi connectivity index (χ2n) is 7.18. The minimum atomic E-state index is -3.67. The molecule has 14 heteroatoms. The highest BCUT2D eigenvalue weighted by molar-refractivity contribution is 7.57. The Morgan fingerprint density at radius 3 is 2.55 bits per heavy atom. The smallest absolute Gasteiger partial charge is 0.341 e. The van der Waals surface area contributed by atoms with Gasteiger partial charge < -0.3 is 23.3 Å². The molecule has 31 heavy (non-hydrogen) atoms. The van der Waals surface area contributed by atoms with Crippen molar-refractivity contribution < 1.29 is 27.8 Å². The Balaban J connectivity index is 2.10. The van der Waals surface area contributed by atoms with Crippen LogP contribution >= 0.6 is 7.60 Å². The zero-order valence-corrected chi connectivity index (χ0v) is 18.4. The number of aromatic amines is 1. The number of nitrogens with zero attached hydrogens (tertiary/aromatic N) is 4. The summed E-state index contributed by atoms with van der Waals surface area (Å²) in [4.78, 5) is 28.8. The summed E-state index contributed by atoms with van der Waals surface area (Å²) >= 11 is 0. The van der Waals surface area contributed by atoms with Crippen LogP contribution in [0.1, 0.15) is 33.9 Å². The van der Waals surface area contributed by atoms with Crippen LogP contribution in [-0.2, 0) is 27.8 Å². The van der Waals surface area contributed by atoms with Gasteiger partial charge in [-0.05, 0) is 39.3 Å². The van der Waals surface area contributed by atoms with Crippen LogP contribution in [0.15, 0.2) is 38.9 Å². The van der Waals surface area contributed by atoms with Crippen LogP contribution in [0.4, 0.5) is 0 Å². The lowest BCUT2D eigenvalue weighted by molar-refractivity contribution is -0.210. The molecule has 0 unspecified atom stereocenters. The molecule has 3 heterocycles. The van der Waals surface area contributed by atoms with E-state index in [1.807, 2.05) is 0 Å². The van der Waals surface area contributed by atoms with Gasteiger partial charge in [-0.25, -0.2) is 4.79 Å². The molecule has 0 aromatic carbocycles. The standard InChI is InChI=1S/C17H24N5O8P/c1-5-26-31(25,27-6-2)10-8-17(20-21-18)13-12(28-16(3,4)29-13)14(30-17)22-9-7-11(23)19-15(22)24/h7-10,12-14H,5-6H2,1-4H3,(H,19,23,24)/t12-,13+,14-,17-/m1/s1. The van der Waals surface area contributed by atoms with Crippen molar-refractivity contribution in [1.82, 2.24) is 9.55 Å². The molecule has 1 N–H and O–H groups in total. The first kappa shape index (κ1) is 23.4. The van der Waals surface area contributed by atoms with Gasteiger partial charge in [-0.15, -0.1) is 0 Å². The van der Waals surface area contributed by atoms with Crippen LogP contribution in [0.3, 0.4) is 0 Å². The van der Waals surface area contributed by atoms with Crippen LogP contribution in [0.25, 0.3) is 10.4 Å². The lowest BCUT2D eigenvalue weighted by atomic mass is 10.1. The lowest BCUT2D eigenvalue weighted by Gasteiger charge is -2.29. The number of hydrogen-bond donors (Lipinski definition) is 1. The van der Waals surface area contributed by atoms with Crippen molar-refractivity contribution in [2.24, 2.45) is 5.11 Å². The van der Waals surface area contributed by atoms with E-state index in [1.165, 1.54) is 12.3 Å². The Labute approximate surface area is 177 Å². The van der Waals surface area contributed by atoms with E-state index in [4.69, 9.17) is 23.3 Å². The van der Waals surface area contributed by atoms with Gasteiger partial charge in [-0.2, -0.15) is 0 Å². The molecular weight excluding hydrogens is 433 g/mol. The largest absolute Gasteiger partial charge is 0.353 e. The van der Waals surface area contributed by atoms with Gasteiger partial charge in [0.25, 0.3) is 5.56 Å². The molecule has 0 saturated carbocycles. The molecule has 2 fully saturated rings. The summed E-state index contributed by atoms with van der Waals surface area (Å²) in [5.41, 5.74) is 6.05. The molecule has 0 amide bonds. The van der Waals surface area contributed by atoms with Gasteiger partial charge in [0.1, 0.15) is 12.2 Å². The summed E-state index contributed by atoms with van der Waals surface area (Å²) in [7, 11) is -3.67. The third kappa shape index (κ3) is 4.68. The molecule has 0 bridgehead atoms. The van der Waals surface area contributed by atoms with Gasteiger partial charge in [0.15, 0.2) is 17.7 Å². The summed E-state index contributed by atoms with van der Waals surface area (Å²) in [6, 6.07) is 1.14. The van der Waals surface area contributed by atoms with Crippen molar-refractivity contribution >= 4 is 7.60 Å². The number of rotatable bonds is 8. The zero-order chi connectivity index (χ0) is 22.9. The van der Waals surface area contributed by atoms with Gasteiger partial charge in [0.2, 0.25) is 0 Å². The van der Waals surface area contributed by atoms with E-state index >= 15 is 0 Å². The number of azide groups is 1. The fraction of sp³-hybridized carbons (Fsp3) is 0.647. The Bertz CT molecular complexity index is 1050. The number of nitrogens with one attached hydrogen (secondary N) is 1. The van der Waals surface area contributed by atoms with E-state index in [0.717, 1.165) is 16.5 Å².